The van der Waals surface area contributed by atoms with Gasteiger partial charge in [-0.3, -0.25) is 0 Å². The van der Waals surface area contributed by atoms with Gasteiger partial charge in [-0.2, -0.15) is 0 Å². The van der Waals surface area contributed by atoms with Crippen LogP contribution < -0.4 is 4.74 Å². The lowest BCUT2D eigenvalue weighted by Gasteiger charge is -2.08. The number of ether oxygens (including phenoxy) is 1. The Morgan fingerprint density at radius 3 is 2.67 bits per heavy atom. The smallest absolute Gasteiger partial charge is 0.186 e. The molecule has 1 aliphatic rings. The molecule has 1 aliphatic heterocycles. The van der Waals surface area contributed by atoms with Crippen molar-refractivity contribution in [2.45, 2.75) is 10.6 Å². The average molecular weight is 281 g/mol. The Labute approximate surface area is 110 Å². The van der Waals surface area contributed by atoms with Gasteiger partial charge in [-0.25, -0.2) is 8.42 Å². The molecule has 0 N–H and O–H groups in total. The summed E-state index contributed by atoms with van der Waals surface area (Å²) in [7, 11) is -3.39. The lowest BCUT2D eigenvalue weighted by atomic mass is 10.2. The van der Waals surface area contributed by atoms with E-state index in [4.69, 9.17) is 16.3 Å². The van der Waals surface area contributed by atoms with E-state index >= 15 is 0 Å². The summed E-state index contributed by atoms with van der Waals surface area (Å²) in [4.78, 5) is 0.206. The zero-order chi connectivity index (χ0) is 12.8. The standard InChI is InChI=1S/C13H9ClO3S/c14-10-5-3-4-9-8-18(15,16)12-7-2-1-6-11(12)17-13(9)10/h1-7H,8H2. The van der Waals surface area contributed by atoms with E-state index < -0.39 is 9.84 Å². The van der Waals surface area contributed by atoms with E-state index in [1.54, 1.807) is 42.5 Å². The predicted octanol–water partition coefficient (Wildman–Crippen LogP) is 3.42. The number of benzene rings is 2. The Hall–Kier alpha value is -1.52. The van der Waals surface area contributed by atoms with Crippen LogP contribution >= 0.6 is 11.6 Å². The van der Waals surface area contributed by atoms with Gasteiger partial charge in [0.2, 0.25) is 0 Å². The van der Waals surface area contributed by atoms with Crippen molar-refractivity contribution in [2.75, 3.05) is 0 Å². The van der Waals surface area contributed by atoms with Crippen molar-refractivity contribution in [3.63, 3.8) is 0 Å². The van der Waals surface area contributed by atoms with E-state index in [9.17, 15) is 8.42 Å². The Balaban J connectivity index is 2.31. The second kappa shape index (κ2) is 4.00. The van der Waals surface area contributed by atoms with Gasteiger partial charge in [-0.1, -0.05) is 35.9 Å². The van der Waals surface area contributed by atoms with Crippen LogP contribution in [0.5, 0.6) is 11.5 Å². The number of halogens is 1. The minimum atomic E-state index is -3.39. The van der Waals surface area contributed by atoms with Crippen molar-refractivity contribution >= 4 is 21.4 Å². The number of fused-ring (bicyclic) bond motifs is 2. The summed E-state index contributed by atoms with van der Waals surface area (Å²) in [5.74, 6) is 0.650. The van der Waals surface area contributed by atoms with Crippen molar-refractivity contribution in [1.82, 2.24) is 0 Å². The molecule has 1 heterocycles. The molecule has 0 unspecified atom stereocenters. The molecule has 0 saturated heterocycles. The van der Waals surface area contributed by atoms with E-state index in [-0.39, 0.29) is 10.6 Å². The molecule has 5 heteroatoms. The summed E-state index contributed by atoms with van der Waals surface area (Å²) in [5, 5.41) is 0.416. The van der Waals surface area contributed by atoms with Gasteiger partial charge in [0.15, 0.2) is 9.84 Å². The highest BCUT2D eigenvalue weighted by Crippen LogP contribution is 2.40. The molecule has 0 amide bonds. The SMILES string of the molecule is O=S1(=O)Cc2cccc(Cl)c2Oc2ccccc21. The van der Waals surface area contributed by atoms with Crippen LogP contribution in [0.25, 0.3) is 0 Å². The van der Waals surface area contributed by atoms with Gasteiger partial charge in [0, 0.05) is 5.56 Å². The summed E-state index contributed by atoms with van der Waals surface area (Å²) in [6, 6.07) is 11.7. The molecule has 0 aliphatic carbocycles. The number of hydrogen-bond donors (Lipinski definition) is 0. The van der Waals surface area contributed by atoms with Gasteiger partial charge >= 0.3 is 0 Å². The Morgan fingerprint density at radius 1 is 1.06 bits per heavy atom. The fourth-order valence-electron chi connectivity index (χ4n) is 1.97. The van der Waals surface area contributed by atoms with Crippen LogP contribution in [-0.4, -0.2) is 8.42 Å². The van der Waals surface area contributed by atoms with Gasteiger partial charge in [-0.05, 0) is 18.2 Å². The topological polar surface area (TPSA) is 43.4 Å². The molecule has 0 fully saturated rings. The molecule has 0 spiro atoms. The van der Waals surface area contributed by atoms with Gasteiger partial charge in [0.05, 0.1) is 10.8 Å². The quantitative estimate of drug-likeness (QED) is 0.743. The van der Waals surface area contributed by atoms with Crippen molar-refractivity contribution in [3.8, 4) is 11.5 Å². The van der Waals surface area contributed by atoms with E-state index in [0.717, 1.165) is 0 Å². The summed E-state index contributed by atoms with van der Waals surface area (Å²) in [6.45, 7) is 0. The lowest BCUT2D eigenvalue weighted by Crippen LogP contribution is -2.03. The summed E-state index contributed by atoms with van der Waals surface area (Å²) in [5.41, 5.74) is 0.582. The Kier molecular flexibility index (Phi) is 2.57. The highest BCUT2D eigenvalue weighted by Gasteiger charge is 2.27. The lowest BCUT2D eigenvalue weighted by molar-refractivity contribution is 0.468. The van der Waals surface area contributed by atoms with E-state index in [1.807, 2.05) is 0 Å². The molecule has 3 nitrogen and oxygen atoms in total. The number of para-hydroxylation sites is 2. The molecular weight excluding hydrogens is 272 g/mol. The first kappa shape index (κ1) is 11.6. The number of hydrogen-bond acceptors (Lipinski definition) is 3. The summed E-state index contributed by atoms with van der Waals surface area (Å²) >= 11 is 6.05. The molecule has 0 radical (unpaired) electrons. The first-order valence-electron chi connectivity index (χ1n) is 5.35. The monoisotopic (exact) mass is 280 g/mol. The normalized spacial score (nSPS) is 16.1. The number of rotatable bonds is 0. The van der Waals surface area contributed by atoms with Crippen LogP contribution in [0.2, 0.25) is 5.02 Å². The van der Waals surface area contributed by atoms with Crippen LogP contribution in [0.1, 0.15) is 5.56 Å². The molecule has 2 aromatic rings. The van der Waals surface area contributed by atoms with Crippen molar-refractivity contribution in [1.29, 1.82) is 0 Å². The van der Waals surface area contributed by atoms with E-state index in [0.29, 0.717) is 22.1 Å². The highest BCUT2D eigenvalue weighted by atomic mass is 35.5. The fraction of sp³-hybridized carbons (Fsp3) is 0.0769. The molecule has 3 rings (SSSR count). The third kappa shape index (κ3) is 1.78. The van der Waals surface area contributed by atoms with Crippen LogP contribution in [0.15, 0.2) is 47.4 Å². The third-order valence-corrected chi connectivity index (χ3v) is 4.79. The summed E-state index contributed by atoms with van der Waals surface area (Å²) in [6.07, 6.45) is 0. The molecule has 0 saturated carbocycles. The molecule has 0 bridgehead atoms. The highest BCUT2D eigenvalue weighted by molar-refractivity contribution is 7.90. The van der Waals surface area contributed by atoms with Crippen LogP contribution in [0.4, 0.5) is 0 Å². The second-order valence-electron chi connectivity index (χ2n) is 4.04. The van der Waals surface area contributed by atoms with Crippen LogP contribution in [0.3, 0.4) is 0 Å². The average Bonchev–Trinajstić information content (AvgIpc) is 2.44. The predicted molar refractivity (Wildman–Crippen MR) is 68.9 cm³/mol. The van der Waals surface area contributed by atoms with Gasteiger partial charge in [0.25, 0.3) is 0 Å². The van der Waals surface area contributed by atoms with Gasteiger partial charge < -0.3 is 4.74 Å². The largest absolute Gasteiger partial charge is 0.454 e. The molecule has 0 aromatic heterocycles. The molecule has 18 heavy (non-hydrogen) atoms. The second-order valence-corrected chi connectivity index (χ2v) is 6.40. The maximum atomic E-state index is 12.2. The maximum Gasteiger partial charge on any atom is 0.186 e. The number of sulfone groups is 1. The van der Waals surface area contributed by atoms with Crippen LogP contribution in [-0.2, 0) is 15.6 Å². The molecular formula is C13H9ClO3S. The molecule has 0 atom stereocenters. The Bertz CT molecular complexity index is 723. The zero-order valence-corrected chi connectivity index (χ0v) is 10.8. The summed E-state index contributed by atoms with van der Waals surface area (Å²) < 4.78 is 30.1. The van der Waals surface area contributed by atoms with Crippen LogP contribution in [0, 0.1) is 0 Å². The van der Waals surface area contributed by atoms with Crippen molar-refractivity contribution in [3.05, 3.63) is 53.1 Å². The van der Waals surface area contributed by atoms with Crippen molar-refractivity contribution < 1.29 is 13.2 Å². The van der Waals surface area contributed by atoms with E-state index in [2.05, 4.69) is 0 Å². The first-order valence-corrected chi connectivity index (χ1v) is 7.38. The third-order valence-electron chi connectivity index (χ3n) is 2.79. The minimum absolute atomic E-state index is 0.0973. The van der Waals surface area contributed by atoms with Gasteiger partial charge in [0.1, 0.15) is 16.4 Å². The minimum Gasteiger partial charge on any atom is -0.454 e. The maximum absolute atomic E-state index is 12.2. The van der Waals surface area contributed by atoms with E-state index in [1.165, 1.54) is 0 Å². The zero-order valence-electron chi connectivity index (χ0n) is 9.26. The fourth-order valence-corrected chi connectivity index (χ4v) is 3.69. The first-order chi connectivity index (χ1) is 8.58. The Morgan fingerprint density at radius 2 is 1.83 bits per heavy atom. The van der Waals surface area contributed by atoms with Crippen molar-refractivity contribution in [2.24, 2.45) is 0 Å². The van der Waals surface area contributed by atoms with Gasteiger partial charge in [-0.15, -0.1) is 0 Å². The molecule has 92 valence electrons. The molecule has 2 aromatic carbocycles.